The number of piperidine rings is 1. The lowest BCUT2D eigenvalue weighted by Crippen LogP contribution is -2.38. The molecule has 0 saturated carbocycles. The first-order valence-corrected chi connectivity index (χ1v) is 13.1. The monoisotopic (exact) mass is 463 g/mol. The Bertz CT molecular complexity index is 1120. The Kier molecular flexibility index (Phi) is 7.61. The quantitative estimate of drug-likeness (QED) is 0.316. The van der Waals surface area contributed by atoms with Crippen molar-refractivity contribution < 1.29 is 4.74 Å². The van der Waals surface area contributed by atoms with Crippen LogP contribution in [0.15, 0.2) is 103 Å². The zero-order chi connectivity index (χ0) is 24.0. The summed E-state index contributed by atoms with van der Waals surface area (Å²) >= 11 is 0. The van der Waals surface area contributed by atoms with Gasteiger partial charge in [-0.3, -0.25) is 0 Å². The van der Waals surface area contributed by atoms with Gasteiger partial charge in [0.1, 0.15) is 6.10 Å². The van der Waals surface area contributed by atoms with Gasteiger partial charge >= 0.3 is 0 Å². The highest BCUT2D eigenvalue weighted by Gasteiger charge is 2.30. The van der Waals surface area contributed by atoms with Crippen LogP contribution in [-0.4, -0.2) is 31.1 Å². The highest BCUT2D eigenvalue weighted by molar-refractivity contribution is 5.78. The summed E-state index contributed by atoms with van der Waals surface area (Å²) in [5.41, 5.74) is 8.11. The summed E-state index contributed by atoms with van der Waals surface area (Å²) in [6.45, 7) is 8.46. The van der Waals surface area contributed by atoms with Crippen molar-refractivity contribution in [3.63, 3.8) is 0 Å². The van der Waals surface area contributed by atoms with Crippen molar-refractivity contribution in [1.82, 2.24) is 4.90 Å². The number of hydrogen-bond donors (Lipinski definition) is 0. The summed E-state index contributed by atoms with van der Waals surface area (Å²) in [5, 5.41) is 0. The van der Waals surface area contributed by atoms with Crippen LogP contribution in [0.4, 0.5) is 0 Å². The van der Waals surface area contributed by atoms with Gasteiger partial charge in [0.25, 0.3) is 0 Å². The average Bonchev–Trinajstić information content (AvgIpc) is 3.24. The Morgan fingerprint density at radius 3 is 2.06 bits per heavy atom. The number of allylic oxidation sites excluding steroid dienone is 3. The number of nitrogens with zero attached hydrogens (tertiary/aromatic N) is 1. The maximum absolute atomic E-state index is 6.63. The molecule has 1 unspecified atom stereocenters. The van der Waals surface area contributed by atoms with E-state index in [1.807, 2.05) is 0 Å². The van der Waals surface area contributed by atoms with Crippen LogP contribution < -0.4 is 0 Å². The second-order valence-corrected chi connectivity index (χ2v) is 9.88. The van der Waals surface area contributed by atoms with Gasteiger partial charge in [0.05, 0.1) is 6.61 Å². The molecule has 5 rings (SSSR count). The van der Waals surface area contributed by atoms with E-state index in [4.69, 9.17) is 4.74 Å². The van der Waals surface area contributed by atoms with Crippen molar-refractivity contribution in [3.8, 4) is 11.1 Å². The molecule has 2 nitrogen and oxygen atoms in total. The van der Waals surface area contributed by atoms with E-state index >= 15 is 0 Å². The molecule has 1 aliphatic heterocycles. The third kappa shape index (κ3) is 5.19. The molecule has 1 saturated heterocycles. The molecule has 0 bridgehead atoms. The van der Waals surface area contributed by atoms with E-state index in [1.54, 1.807) is 0 Å². The van der Waals surface area contributed by atoms with Gasteiger partial charge in [-0.15, -0.1) is 0 Å². The molecule has 0 aromatic heterocycles. The molecule has 3 aromatic carbocycles. The number of hydrogen-bond acceptors (Lipinski definition) is 2. The number of fused-ring (bicyclic) bond motifs is 3. The lowest BCUT2D eigenvalue weighted by molar-refractivity contribution is 0.0325. The van der Waals surface area contributed by atoms with Crippen molar-refractivity contribution in [2.24, 2.45) is 5.92 Å². The molecule has 180 valence electrons. The van der Waals surface area contributed by atoms with Gasteiger partial charge in [-0.1, -0.05) is 97.1 Å². The second kappa shape index (κ2) is 11.2. The van der Waals surface area contributed by atoms with Crippen molar-refractivity contribution >= 4 is 0 Å². The summed E-state index contributed by atoms with van der Waals surface area (Å²) < 4.78 is 6.63. The zero-order valence-corrected chi connectivity index (χ0v) is 21.1. The molecule has 0 radical (unpaired) electrons. The molecular formula is C33H37NO. The van der Waals surface area contributed by atoms with E-state index in [9.17, 15) is 0 Å². The Balaban J connectivity index is 1.20. The van der Waals surface area contributed by atoms with E-state index < -0.39 is 0 Å². The Morgan fingerprint density at radius 1 is 0.857 bits per heavy atom. The first-order chi connectivity index (χ1) is 17.3. The lowest BCUT2D eigenvalue weighted by atomic mass is 9.88. The predicted octanol–water partition coefficient (Wildman–Crippen LogP) is 7.79. The molecular weight excluding hydrogens is 426 g/mol. The SMILES string of the molecule is C/C=C\C(=C/C)C(CN1CCC(COC2c3ccccc3-c3ccccc32)CC1)c1ccccc1. The molecule has 0 N–H and O–H groups in total. The third-order valence-corrected chi connectivity index (χ3v) is 7.72. The molecule has 1 heterocycles. The van der Waals surface area contributed by atoms with Crippen LogP contribution in [0.5, 0.6) is 0 Å². The van der Waals surface area contributed by atoms with Gasteiger partial charge in [0, 0.05) is 12.5 Å². The highest BCUT2D eigenvalue weighted by atomic mass is 16.5. The van der Waals surface area contributed by atoms with Gasteiger partial charge in [-0.25, -0.2) is 0 Å². The van der Waals surface area contributed by atoms with Gasteiger partial charge in [-0.05, 0) is 79.1 Å². The molecule has 2 aliphatic rings. The fourth-order valence-electron chi connectivity index (χ4n) is 5.81. The molecule has 1 aliphatic carbocycles. The molecule has 35 heavy (non-hydrogen) atoms. The number of likely N-dealkylation sites (tertiary alicyclic amines) is 1. The van der Waals surface area contributed by atoms with Gasteiger partial charge in [-0.2, -0.15) is 0 Å². The van der Waals surface area contributed by atoms with E-state index in [2.05, 4.69) is 116 Å². The number of benzene rings is 3. The minimum absolute atomic E-state index is 0.0703. The Labute approximate surface area is 211 Å². The van der Waals surface area contributed by atoms with E-state index in [-0.39, 0.29) is 6.10 Å². The minimum Gasteiger partial charge on any atom is -0.368 e. The van der Waals surface area contributed by atoms with Crippen molar-refractivity contribution in [2.75, 3.05) is 26.2 Å². The fraction of sp³-hybridized carbons (Fsp3) is 0.333. The Morgan fingerprint density at radius 2 is 1.46 bits per heavy atom. The van der Waals surface area contributed by atoms with Crippen LogP contribution in [0.3, 0.4) is 0 Å². The molecule has 0 spiro atoms. The average molecular weight is 464 g/mol. The van der Waals surface area contributed by atoms with Gasteiger partial charge in [0.15, 0.2) is 0 Å². The van der Waals surface area contributed by atoms with Crippen molar-refractivity contribution in [3.05, 3.63) is 119 Å². The molecule has 1 atom stereocenters. The first-order valence-electron chi connectivity index (χ1n) is 13.1. The standard InChI is InChI=1S/C33H37NO/c1-3-12-26(4-2)32(27-13-6-5-7-14-27)23-34-21-19-25(20-22-34)24-35-33-30-17-10-8-15-28(30)29-16-9-11-18-31(29)33/h3-18,25,32-33H,19-24H2,1-2H3/b12-3-,26-4+. The maximum atomic E-state index is 6.63. The summed E-state index contributed by atoms with van der Waals surface area (Å²) in [6, 6.07) is 28.4. The Hall–Kier alpha value is -2.94. The molecule has 3 aromatic rings. The van der Waals surface area contributed by atoms with Crippen LogP contribution in [0, 0.1) is 5.92 Å². The first kappa shape index (κ1) is 23.8. The maximum Gasteiger partial charge on any atom is 0.109 e. The van der Waals surface area contributed by atoms with E-state index in [1.165, 1.54) is 46.2 Å². The van der Waals surface area contributed by atoms with Crippen LogP contribution >= 0.6 is 0 Å². The molecule has 2 heteroatoms. The second-order valence-electron chi connectivity index (χ2n) is 9.88. The van der Waals surface area contributed by atoms with Crippen molar-refractivity contribution in [1.29, 1.82) is 0 Å². The van der Waals surface area contributed by atoms with Crippen LogP contribution in [-0.2, 0) is 4.74 Å². The lowest BCUT2D eigenvalue weighted by Gasteiger charge is -2.35. The molecule has 1 fully saturated rings. The summed E-state index contributed by atoms with van der Waals surface area (Å²) in [4.78, 5) is 2.65. The minimum atomic E-state index is 0.0703. The largest absolute Gasteiger partial charge is 0.368 e. The van der Waals surface area contributed by atoms with Crippen LogP contribution in [0.25, 0.3) is 11.1 Å². The zero-order valence-electron chi connectivity index (χ0n) is 21.1. The summed E-state index contributed by atoms with van der Waals surface area (Å²) in [6.07, 6.45) is 9.18. The number of ether oxygens (including phenoxy) is 1. The number of rotatable bonds is 8. The summed E-state index contributed by atoms with van der Waals surface area (Å²) in [7, 11) is 0. The van der Waals surface area contributed by atoms with Crippen LogP contribution in [0.1, 0.15) is 55.4 Å². The predicted molar refractivity (Wildman–Crippen MR) is 147 cm³/mol. The summed E-state index contributed by atoms with van der Waals surface area (Å²) in [5.74, 6) is 1.04. The van der Waals surface area contributed by atoms with Gasteiger partial charge < -0.3 is 9.64 Å². The van der Waals surface area contributed by atoms with Crippen LogP contribution in [0.2, 0.25) is 0 Å². The van der Waals surface area contributed by atoms with Crippen molar-refractivity contribution in [2.45, 2.75) is 38.7 Å². The topological polar surface area (TPSA) is 12.5 Å². The third-order valence-electron chi connectivity index (χ3n) is 7.72. The molecule has 0 amide bonds. The fourth-order valence-corrected chi connectivity index (χ4v) is 5.81. The van der Waals surface area contributed by atoms with E-state index in [0.29, 0.717) is 11.8 Å². The normalized spacial score (nSPS) is 18.1. The highest BCUT2D eigenvalue weighted by Crippen LogP contribution is 2.45. The van der Waals surface area contributed by atoms with E-state index in [0.717, 1.165) is 26.2 Å². The smallest absolute Gasteiger partial charge is 0.109 e. The van der Waals surface area contributed by atoms with Gasteiger partial charge in [0.2, 0.25) is 0 Å².